The summed E-state index contributed by atoms with van der Waals surface area (Å²) in [6.45, 7) is 6.52. The third kappa shape index (κ3) is 1.98. The predicted octanol–water partition coefficient (Wildman–Crippen LogP) is 1.83. The number of nitrogens with two attached hydrogens (primary N) is 1. The minimum atomic E-state index is 0.399. The number of nitrogens with zero attached hydrogens (tertiary/aromatic N) is 4. The van der Waals surface area contributed by atoms with E-state index in [0.29, 0.717) is 17.9 Å². The van der Waals surface area contributed by atoms with Crippen molar-refractivity contribution in [3.63, 3.8) is 0 Å². The third-order valence-electron chi connectivity index (χ3n) is 4.20. The van der Waals surface area contributed by atoms with E-state index in [0.717, 1.165) is 36.2 Å². The zero-order chi connectivity index (χ0) is 13.6. The van der Waals surface area contributed by atoms with Crippen LogP contribution in [-0.4, -0.2) is 39.6 Å². The number of imidazole rings is 1. The Labute approximate surface area is 113 Å². The van der Waals surface area contributed by atoms with Gasteiger partial charge in [0.15, 0.2) is 5.65 Å². The van der Waals surface area contributed by atoms with Gasteiger partial charge in [0, 0.05) is 18.8 Å². The van der Waals surface area contributed by atoms with E-state index in [-0.39, 0.29) is 0 Å². The highest BCUT2D eigenvalue weighted by Gasteiger charge is 2.28. The van der Waals surface area contributed by atoms with Crippen molar-refractivity contribution in [3.05, 3.63) is 17.8 Å². The fourth-order valence-corrected chi connectivity index (χ4v) is 3.18. The number of hydrogen-bond donors (Lipinski definition) is 1. The van der Waals surface area contributed by atoms with E-state index in [1.165, 1.54) is 0 Å². The molecule has 1 saturated heterocycles. The second kappa shape index (κ2) is 4.49. The molecule has 0 saturated carbocycles. The Bertz CT molecular complexity index is 603. The number of anilines is 1. The summed E-state index contributed by atoms with van der Waals surface area (Å²) in [6.07, 6.45) is 2.94. The maximum absolute atomic E-state index is 6.15. The van der Waals surface area contributed by atoms with Gasteiger partial charge in [-0.25, -0.2) is 9.97 Å². The molecule has 0 amide bonds. The normalized spacial score (nSPS) is 25.0. The van der Waals surface area contributed by atoms with Crippen LogP contribution >= 0.6 is 0 Å². The summed E-state index contributed by atoms with van der Waals surface area (Å²) in [7, 11) is 2.17. The molecule has 0 aliphatic carbocycles. The third-order valence-corrected chi connectivity index (χ3v) is 4.20. The van der Waals surface area contributed by atoms with Crippen molar-refractivity contribution >= 4 is 17.1 Å². The quantitative estimate of drug-likeness (QED) is 0.849. The van der Waals surface area contributed by atoms with Crippen LogP contribution in [0.5, 0.6) is 0 Å². The van der Waals surface area contributed by atoms with Gasteiger partial charge in [0.25, 0.3) is 0 Å². The fourth-order valence-electron chi connectivity index (χ4n) is 3.18. The highest BCUT2D eigenvalue weighted by atomic mass is 15.2. The zero-order valence-electron chi connectivity index (χ0n) is 11.8. The standard InChI is InChI=1S/C14H21N5/c1-9-4-6-16-13-12(9)17-14(15)19(13)11-5-7-18(3)8-10(11)2/h4,6,10-11H,5,7-8H2,1-3H3,(H2,15,17). The van der Waals surface area contributed by atoms with Crippen LogP contribution in [0.1, 0.15) is 24.9 Å². The molecular weight excluding hydrogens is 238 g/mol. The minimum Gasteiger partial charge on any atom is -0.369 e. The molecule has 1 aliphatic heterocycles. The maximum atomic E-state index is 6.15. The average Bonchev–Trinajstić information content (AvgIpc) is 2.68. The van der Waals surface area contributed by atoms with Crippen LogP contribution < -0.4 is 5.73 Å². The van der Waals surface area contributed by atoms with Crippen LogP contribution in [0.2, 0.25) is 0 Å². The van der Waals surface area contributed by atoms with Crippen LogP contribution in [-0.2, 0) is 0 Å². The molecule has 0 aromatic carbocycles. The highest BCUT2D eigenvalue weighted by molar-refractivity contribution is 5.77. The summed E-state index contributed by atoms with van der Waals surface area (Å²) in [5.41, 5.74) is 9.15. The predicted molar refractivity (Wildman–Crippen MR) is 77.0 cm³/mol. The smallest absolute Gasteiger partial charge is 0.202 e. The fraction of sp³-hybridized carbons (Fsp3) is 0.571. The first-order valence-corrected chi connectivity index (χ1v) is 6.85. The van der Waals surface area contributed by atoms with Crippen molar-refractivity contribution < 1.29 is 0 Å². The molecule has 1 fully saturated rings. The lowest BCUT2D eigenvalue weighted by molar-refractivity contribution is 0.162. The Morgan fingerprint density at radius 2 is 2.21 bits per heavy atom. The van der Waals surface area contributed by atoms with Crippen molar-refractivity contribution in [2.45, 2.75) is 26.3 Å². The summed E-state index contributed by atoms with van der Waals surface area (Å²) in [5.74, 6) is 1.15. The Morgan fingerprint density at radius 3 is 2.95 bits per heavy atom. The number of hydrogen-bond acceptors (Lipinski definition) is 4. The number of nitrogen functional groups attached to an aromatic ring is 1. The largest absolute Gasteiger partial charge is 0.369 e. The minimum absolute atomic E-state index is 0.399. The molecule has 102 valence electrons. The second-order valence-corrected chi connectivity index (χ2v) is 5.74. The number of likely N-dealkylation sites (tertiary alicyclic amines) is 1. The average molecular weight is 259 g/mol. The Morgan fingerprint density at radius 1 is 1.42 bits per heavy atom. The van der Waals surface area contributed by atoms with Crippen LogP contribution in [0, 0.1) is 12.8 Å². The van der Waals surface area contributed by atoms with Gasteiger partial charge < -0.3 is 10.6 Å². The zero-order valence-corrected chi connectivity index (χ0v) is 11.8. The van der Waals surface area contributed by atoms with Crippen LogP contribution in [0.4, 0.5) is 5.95 Å². The van der Waals surface area contributed by atoms with Gasteiger partial charge in [-0.2, -0.15) is 0 Å². The van der Waals surface area contributed by atoms with E-state index in [2.05, 4.69) is 40.3 Å². The van der Waals surface area contributed by atoms with E-state index in [1.807, 2.05) is 12.3 Å². The molecule has 3 heterocycles. The van der Waals surface area contributed by atoms with Crippen LogP contribution in [0.3, 0.4) is 0 Å². The number of aryl methyl sites for hydroxylation is 1. The molecule has 2 aromatic rings. The van der Waals surface area contributed by atoms with Crippen molar-refractivity contribution in [2.24, 2.45) is 5.92 Å². The Kier molecular flexibility index (Phi) is 2.93. The van der Waals surface area contributed by atoms with Gasteiger partial charge in [-0.05, 0) is 44.5 Å². The lowest BCUT2D eigenvalue weighted by Crippen LogP contribution is -2.38. The molecular formula is C14H21N5. The van der Waals surface area contributed by atoms with Gasteiger partial charge in [-0.3, -0.25) is 4.57 Å². The molecule has 1 aliphatic rings. The summed E-state index contributed by atoms with van der Waals surface area (Å²) < 4.78 is 2.14. The van der Waals surface area contributed by atoms with Crippen molar-refractivity contribution in [2.75, 3.05) is 25.9 Å². The molecule has 2 aromatic heterocycles. The first-order chi connectivity index (χ1) is 9.08. The molecule has 3 rings (SSSR count). The van der Waals surface area contributed by atoms with Gasteiger partial charge in [0.2, 0.25) is 5.95 Å². The summed E-state index contributed by atoms with van der Waals surface area (Å²) in [5, 5.41) is 0. The monoisotopic (exact) mass is 259 g/mol. The van der Waals surface area contributed by atoms with E-state index in [4.69, 9.17) is 5.73 Å². The van der Waals surface area contributed by atoms with Crippen LogP contribution in [0.25, 0.3) is 11.2 Å². The second-order valence-electron chi connectivity index (χ2n) is 5.74. The molecule has 5 nitrogen and oxygen atoms in total. The first-order valence-electron chi connectivity index (χ1n) is 6.85. The van der Waals surface area contributed by atoms with Gasteiger partial charge in [-0.1, -0.05) is 6.92 Å². The summed E-state index contributed by atoms with van der Waals surface area (Å²) in [4.78, 5) is 11.4. The number of pyridine rings is 1. The molecule has 2 atom stereocenters. The molecule has 2 unspecified atom stereocenters. The van der Waals surface area contributed by atoms with Gasteiger partial charge in [0.05, 0.1) is 0 Å². The number of fused-ring (bicyclic) bond motifs is 1. The van der Waals surface area contributed by atoms with Crippen molar-refractivity contribution in [1.29, 1.82) is 0 Å². The molecule has 5 heteroatoms. The lowest BCUT2D eigenvalue weighted by Gasteiger charge is -2.35. The molecule has 0 radical (unpaired) electrons. The first kappa shape index (κ1) is 12.4. The van der Waals surface area contributed by atoms with Crippen molar-refractivity contribution in [3.8, 4) is 0 Å². The molecule has 2 N–H and O–H groups in total. The Hall–Kier alpha value is -1.62. The van der Waals surface area contributed by atoms with E-state index in [9.17, 15) is 0 Å². The van der Waals surface area contributed by atoms with Gasteiger partial charge in [-0.15, -0.1) is 0 Å². The number of piperidine rings is 1. The van der Waals surface area contributed by atoms with Crippen LogP contribution in [0.15, 0.2) is 12.3 Å². The molecule has 19 heavy (non-hydrogen) atoms. The number of rotatable bonds is 1. The van der Waals surface area contributed by atoms with Gasteiger partial charge in [0.1, 0.15) is 5.52 Å². The molecule has 0 spiro atoms. The highest BCUT2D eigenvalue weighted by Crippen LogP contribution is 2.32. The van der Waals surface area contributed by atoms with Crippen molar-refractivity contribution in [1.82, 2.24) is 19.4 Å². The van der Waals surface area contributed by atoms with E-state index >= 15 is 0 Å². The Balaban J connectivity index is 2.10. The van der Waals surface area contributed by atoms with Gasteiger partial charge >= 0.3 is 0 Å². The molecule has 0 bridgehead atoms. The maximum Gasteiger partial charge on any atom is 0.202 e. The topological polar surface area (TPSA) is 60.0 Å². The summed E-state index contributed by atoms with van der Waals surface area (Å²) in [6, 6.07) is 2.38. The number of aromatic nitrogens is 3. The SMILES string of the molecule is Cc1ccnc2c1nc(N)n2C1CCN(C)CC1C. The van der Waals surface area contributed by atoms with E-state index < -0.39 is 0 Å². The lowest BCUT2D eigenvalue weighted by atomic mass is 9.94. The van der Waals surface area contributed by atoms with E-state index in [1.54, 1.807) is 0 Å². The summed E-state index contributed by atoms with van der Waals surface area (Å²) >= 11 is 0.